The number of likely N-dealkylation sites (tertiary alicyclic amines) is 1. The number of hydrogen-bond acceptors (Lipinski definition) is 5. The summed E-state index contributed by atoms with van der Waals surface area (Å²) < 4.78 is 13.5. The Labute approximate surface area is 244 Å². The Morgan fingerprint density at radius 3 is 2.24 bits per heavy atom. The van der Waals surface area contributed by atoms with Crippen molar-refractivity contribution in [2.45, 2.75) is 37.6 Å². The molecule has 1 saturated heterocycles. The maximum absolute atomic E-state index is 13.6. The van der Waals surface area contributed by atoms with Gasteiger partial charge in [-0.2, -0.15) is 0 Å². The van der Waals surface area contributed by atoms with E-state index in [1.165, 1.54) is 12.1 Å². The molecule has 42 heavy (non-hydrogen) atoms. The molecule has 5 rings (SSSR count). The van der Waals surface area contributed by atoms with Gasteiger partial charge in [-0.15, -0.1) is 0 Å². The number of nitrogens with zero attached hydrogens (tertiary/aromatic N) is 2. The van der Waals surface area contributed by atoms with Gasteiger partial charge < -0.3 is 15.5 Å². The molecule has 8 heteroatoms. The van der Waals surface area contributed by atoms with Crippen LogP contribution in [0.1, 0.15) is 41.2 Å². The summed E-state index contributed by atoms with van der Waals surface area (Å²) in [7, 11) is 0. The van der Waals surface area contributed by atoms with Crippen LogP contribution in [0.2, 0.25) is 0 Å². The van der Waals surface area contributed by atoms with E-state index in [4.69, 9.17) is 0 Å². The van der Waals surface area contributed by atoms with Gasteiger partial charge in [-0.1, -0.05) is 91.0 Å². The lowest BCUT2D eigenvalue weighted by molar-refractivity contribution is -0.141. The van der Waals surface area contributed by atoms with Crippen molar-refractivity contribution in [3.05, 3.63) is 137 Å². The highest BCUT2D eigenvalue weighted by Crippen LogP contribution is 2.27. The SMILES string of the molecule is O=C(O)[C@H](N=C(c1ccccc1)c1ccccc1NC(=O)[C@@H]1CCCN1Cc1ccccc1)[C@H](O)c1ccc(F)cc1. The number of aliphatic imine (C=N–C) groups is 1. The molecule has 1 aliphatic heterocycles. The van der Waals surface area contributed by atoms with Crippen LogP contribution in [0, 0.1) is 5.82 Å². The van der Waals surface area contributed by atoms with Crippen LogP contribution < -0.4 is 5.32 Å². The molecule has 4 aromatic rings. The number of hydrogen-bond donors (Lipinski definition) is 3. The lowest BCUT2D eigenvalue weighted by Crippen LogP contribution is -2.39. The number of rotatable bonds is 10. The molecule has 3 atom stereocenters. The van der Waals surface area contributed by atoms with Gasteiger partial charge in [0.25, 0.3) is 0 Å². The van der Waals surface area contributed by atoms with Crippen molar-refractivity contribution in [2.75, 3.05) is 11.9 Å². The quantitative estimate of drug-likeness (QED) is 0.222. The summed E-state index contributed by atoms with van der Waals surface area (Å²) in [5, 5.41) is 24.2. The molecule has 0 radical (unpaired) electrons. The molecule has 7 nitrogen and oxygen atoms in total. The first-order valence-electron chi connectivity index (χ1n) is 13.9. The third-order valence-electron chi connectivity index (χ3n) is 7.41. The van der Waals surface area contributed by atoms with Crippen molar-refractivity contribution in [3.8, 4) is 0 Å². The van der Waals surface area contributed by atoms with Gasteiger partial charge in [-0.05, 0) is 48.7 Å². The van der Waals surface area contributed by atoms with Gasteiger partial charge in [0.15, 0.2) is 6.04 Å². The van der Waals surface area contributed by atoms with E-state index in [2.05, 4.69) is 15.2 Å². The van der Waals surface area contributed by atoms with E-state index in [-0.39, 0.29) is 17.5 Å². The zero-order chi connectivity index (χ0) is 29.5. The first-order valence-corrected chi connectivity index (χ1v) is 13.9. The van der Waals surface area contributed by atoms with Gasteiger partial charge in [0.2, 0.25) is 5.91 Å². The Bertz CT molecular complexity index is 1540. The van der Waals surface area contributed by atoms with Gasteiger partial charge in [-0.3, -0.25) is 14.7 Å². The molecular formula is C34H32FN3O4. The van der Waals surface area contributed by atoms with Crippen molar-refractivity contribution in [3.63, 3.8) is 0 Å². The Hall–Kier alpha value is -4.66. The number of aliphatic hydroxyl groups is 1. The molecule has 4 aromatic carbocycles. The predicted octanol–water partition coefficient (Wildman–Crippen LogP) is 5.45. The van der Waals surface area contributed by atoms with Crippen LogP contribution in [0.5, 0.6) is 0 Å². The van der Waals surface area contributed by atoms with Crippen molar-refractivity contribution < 1.29 is 24.2 Å². The molecule has 0 spiro atoms. The minimum Gasteiger partial charge on any atom is -0.480 e. The lowest BCUT2D eigenvalue weighted by atomic mass is 9.98. The Kier molecular flexibility index (Phi) is 9.16. The number of benzene rings is 4. The molecule has 0 unspecified atom stereocenters. The van der Waals surface area contributed by atoms with Gasteiger partial charge in [0, 0.05) is 17.7 Å². The van der Waals surface area contributed by atoms with Crippen LogP contribution in [-0.4, -0.2) is 51.3 Å². The van der Waals surface area contributed by atoms with Crippen LogP contribution in [0.4, 0.5) is 10.1 Å². The largest absolute Gasteiger partial charge is 0.480 e. The van der Waals surface area contributed by atoms with E-state index >= 15 is 0 Å². The summed E-state index contributed by atoms with van der Waals surface area (Å²) in [6.07, 6.45) is 0.101. The van der Waals surface area contributed by atoms with Crippen molar-refractivity contribution in [2.24, 2.45) is 4.99 Å². The van der Waals surface area contributed by atoms with Crippen molar-refractivity contribution in [1.29, 1.82) is 0 Å². The minimum atomic E-state index is -1.59. The Morgan fingerprint density at radius 2 is 1.55 bits per heavy atom. The molecule has 0 bridgehead atoms. The maximum atomic E-state index is 13.6. The molecule has 0 aliphatic carbocycles. The number of aliphatic hydroxyl groups excluding tert-OH is 1. The smallest absolute Gasteiger partial charge is 0.331 e. The number of amides is 1. The van der Waals surface area contributed by atoms with E-state index in [1.54, 1.807) is 48.5 Å². The minimum absolute atomic E-state index is 0.149. The number of carboxylic acids is 1. The Balaban J connectivity index is 1.48. The first-order chi connectivity index (χ1) is 20.4. The lowest BCUT2D eigenvalue weighted by Gasteiger charge is -2.24. The number of carbonyl (C=O) groups is 2. The molecule has 1 fully saturated rings. The monoisotopic (exact) mass is 565 g/mol. The van der Waals surface area contributed by atoms with E-state index in [0.29, 0.717) is 29.1 Å². The second kappa shape index (κ2) is 13.3. The zero-order valence-electron chi connectivity index (χ0n) is 22.9. The Morgan fingerprint density at radius 1 is 0.905 bits per heavy atom. The molecule has 1 heterocycles. The molecule has 0 aromatic heterocycles. The second-order valence-electron chi connectivity index (χ2n) is 10.3. The van der Waals surface area contributed by atoms with Gasteiger partial charge in [-0.25, -0.2) is 9.18 Å². The average molecular weight is 566 g/mol. The van der Waals surface area contributed by atoms with Crippen LogP contribution in [-0.2, 0) is 16.1 Å². The fraction of sp³-hybridized carbons (Fsp3) is 0.206. The number of nitrogens with one attached hydrogen (secondary N) is 1. The summed E-state index contributed by atoms with van der Waals surface area (Å²) in [6, 6.07) is 29.2. The number of aliphatic carboxylic acids is 1. The number of carbonyl (C=O) groups excluding carboxylic acids is 1. The van der Waals surface area contributed by atoms with E-state index in [0.717, 1.165) is 37.1 Å². The summed E-state index contributed by atoms with van der Waals surface area (Å²) in [5.41, 5.74) is 3.27. The van der Waals surface area contributed by atoms with Crippen LogP contribution in [0.3, 0.4) is 0 Å². The third kappa shape index (κ3) is 6.79. The summed E-state index contributed by atoms with van der Waals surface area (Å²) in [5.74, 6) is -1.99. The molecule has 0 saturated carbocycles. The molecular weight excluding hydrogens is 533 g/mol. The van der Waals surface area contributed by atoms with Crippen LogP contribution >= 0.6 is 0 Å². The number of carboxylic acid groups (broad SMARTS) is 1. The van der Waals surface area contributed by atoms with Crippen molar-refractivity contribution >= 4 is 23.3 Å². The third-order valence-corrected chi connectivity index (χ3v) is 7.41. The summed E-state index contributed by atoms with van der Waals surface area (Å²) in [6.45, 7) is 1.48. The highest BCUT2D eigenvalue weighted by Gasteiger charge is 2.32. The fourth-order valence-electron chi connectivity index (χ4n) is 5.28. The van der Waals surface area contributed by atoms with Gasteiger partial charge in [0.05, 0.1) is 17.4 Å². The number of para-hydroxylation sites is 1. The van der Waals surface area contributed by atoms with Gasteiger partial charge >= 0.3 is 5.97 Å². The molecule has 1 aliphatic rings. The molecule has 1 amide bonds. The zero-order valence-corrected chi connectivity index (χ0v) is 22.9. The second-order valence-corrected chi connectivity index (χ2v) is 10.3. The molecule has 214 valence electrons. The van der Waals surface area contributed by atoms with Crippen LogP contribution in [0.25, 0.3) is 0 Å². The topological polar surface area (TPSA) is 102 Å². The van der Waals surface area contributed by atoms with E-state index in [1.807, 2.05) is 36.4 Å². The normalized spacial score (nSPS) is 17.0. The number of halogens is 1. The highest BCUT2D eigenvalue weighted by atomic mass is 19.1. The fourth-order valence-corrected chi connectivity index (χ4v) is 5.28. The van der Waals surface area contributed by atoms with E-state index < -0.39 is 23.9 Å². The molecule has 3 N–H and O–H groups in total. The summed E-state index contributed by atoms with van der Waals surface area (Å²) >= 11 is 0. The maximum Gasteiger partial charge on any atom is 0.331 e. The summed E-state index contributed by atoms with van der Waals surface area (Å²) in [4.78, 5) is 32.7. The predicted molar refractivity (Wildman–Crippen MR) is 160 cm³/mol. The highest BCUT2D eigenvalue weighted by molar-refractivity contribution is 6.17. The van der Waals surface area contributed by atoms with Crippen LogP contribution in [0.15, 0.2) is 114 Å². The standard InChI is InChI=1S/C34H32FN3O4/c35-26-19-17-25(18-20-26)32(39)31(34(41)42)37-30(24-12-5-2-6-13-24)27-14-7-8-15-28(27)36-33(40)29-16-9-21-38(29)22-23-10-3-1-4-11-23/h1-8,10-15,17-20,29,31-32,39H,9,16,21-22H2,(H,36,40)(H,41,42)/t29-,31+,32+/m0/s1. The van der Waals surface area contributed by atoms with Crippen molar-refractivity contribution in [1.82, 2.24) is 4.90 Å². The average Bonchev–Trinajstić information content (AvgIpc) is 3.47. The van der Waals surface area contributed by atoms with Gasteiger partial charge in [0.1, 0.15) is 11.9 Å². The van der Waals surface area contributed by atoms with E-state index in [9.17, 15) is 24.2 Å². The number of anilines is 1. The first kappa shape index (κ1) is 28.9.